The molecule has 2 fully saturated rings. The molecule has 30 heavy (non-hydrogen) atoms. The summed E-state index contributed by atoms with van der Waals surface area (Å²) < 4.78 is 3.53. The maximum atomic E-state index is 5.98. The first-order chi connectivity index (χ1) is 14.8. The first-order valence-electron chi connectivity index (χ1n) is 11.5. The predicted molar refractivity (Wildman–Crippen MR) is 130 cm³/mol. The van der Waals surface area contributed by atoms with Crippen molar-refractivity contribution in [2.45, 2.75) is 49.5 Å². The Kier molecular flexibility index (Phi) is 8.53. The summed E-state index contributed by atoms with van der Waals surface area (Å²) in [5, 5.41) is 0.779. The lowest BCUT2D eigenvalue weighted by atomic mass is 10.00. The Bertz CT molecular complexity index is 751. The Hall–Kier alpha value is -1.04. The summed E-state index contributed by atoms with van der Waals surface area (Å²) in [6.45, 7) is 7.51. The Morgan fingerprint density at radius 2 is 1.47 bits per heavy atom. The van der Waals surface area contributed by atoms with Crippen LogP contribution < -0.4 is 4.72 Å². The van der Waals surface area contributed by atoms with Crippen LogP contribution in [0.25, 0.3) is 11.1 Å². The molecule has 2 saturated heterocycles. The molecule has 162 valence electrons. The molecular formula is C25H34ClN3S. The molecule has 2 aliphatic rings. The van der Waals surface area contributed by atoms with Crippen molar-refractivity contribution in [2.75, 3.05) is 39.3 Å². The lowest BCUT2D eigenvalue weighted by Crippen LogP contribution is -2.46. The summed E-state index contributed by atoms with van der Waals surface area (Å²) in [7, 11) is 0. The molecule has 0 aliphatic carbocycles. The van der Waals surface area contributed by atoms with E-state index in [-0.39, 0.29) is 0 Å². The number of hydrogen-bond donors (Lipinski definition) is 1. The van der Waals surface area contributed by atoms with Crippen LogP contribution in [0.4, 0.5) is 0 Å². The van der Waals surface area contributed by atoms with Crippen LogP contribution in [0.1, 0.15) is 38.5 Å². The number of likely N-dealkylation sites (tertiary alicyclic amines) is 2. The molecule has 5 heteroatoms. The minimum Gasteiger partial charge on any atom is -0.303 e. The van der Waals surface area contributed by atoms with Gasteiger partial charge in [0.2, 0.25) is 0 Å². The Labute approximate surface area is 191 Å². The van der Waals surface area contributed by atoms with Crippen molar-refractivity contribution in [2.24, 2.45) is 0 Å². The van der Waals surface area contributed by atoms with E-state index in [1.165, 1.54) is 87.3 Å². The molecule has 2 aromatic rings. The third kappa shape index (κ3) is 6.48. The maximum absolute atomic E-state index is 5.98. The molecule has 1 N–H and O–H groups in total. The van der Waals surface area contributed by atoms with Crippen LogP contribution in [0.3, 0.4) is 0 Å². The second-order valence-electron chi connectivity index (χ2n) is 8.55. The molecule has 0 aromatic heterocycles. The van der Waals surface area contributed by atoms with Gasteiger partial charge in [-0.15, -0.1) is 0 Å². The number of halogens is 1. The molecule has 0 amide bonds. The number of nitrogens with zero attached hydrogens (tertiary/aromatic N) is 2. The van der Waals surface area contributed by atoms with Crippen LogP contribution in [-0.2, 0) is 0 Å². The average molecular weight is 444 g/mol. The van der Waals surface area contributed by atoms with Gasteiger partial charge in [-0.2, -0.15) is 0 Å². The second-order valence-corrected chi connectivity index (χ2v) is 9.95. The molecule has 2 heterocycles. The number of benzene rings is 2. The smallest absolute Gasteiger partial charge is 0.0406 e. The fourth-order valence-electron chi connectivity index (χ4n) is 4.66. The van der Waals surface area contributed by atoms with E-state index in [1.807, 2.05) is 12.1 Å². The highest BCUT2D eigenvalue weighted by Crippen LogP contribution is 2.24. The monoisotopic (exact) mass is 443 g/mol. The molecule has 4 rings (SSSR count). The second kappa shape index (κ2) is 11.5. The van der Waals surface area contributed by atoms with E-state index < -0.39 is 0 Å². The number of nitrogens with one attached hydrogen (secondary N) is 1. The normalized spacial score (nSPS) is 19.2. The summed E-state index contributed by atoms with van der Waals surface area (Å²) in [5.74, 6) is 0. The van der Waals surface area contributed by atoms with Crippen molar-refractivity contribution in [1.82, 2.24) is 14.5 Å². The third-order valence-corrected chi connectivity index (χ3v) is 7.55. The van der Waals surface area contributed by atoms with Gasteiger partial charge < -0.3 is 9.80 Å². The van der Waals surface area contributed by atoms with Crippen LogP contribution in [0.2, 0.25) is 5.02 Å². The molecule has 0 saturated carbocycles. The fourth-order valence-corrected chi connectivity index (χ4v) is 5.47. The standard InChI is InChI=1S/C25H34ClN3S/c26-23-9-5-21(6-10-23)22-7-11-25(12-8-22)30-27-15-4-16-28-19-13-24(14-20-28)29-17-2-1-3-18-29/h5-12,24,27H,1-4,13-20H2. The first kappa shape index (κ1) is 22.2. The largest absolute Gasteiger partial charge is 0.303 e. The highest BCUT2D eigenvalue weighted by atomic mass is 35.5. The molecule has 0 atom stereocenters. The zero-order valence-electron chi connectivity index (χ0n) is 17.9. The van der Waals surface area contributed by atoms with Crippen molar-refractivity contribution in [3.63, 3.8) is 0 Å². The molecule has 0 bridgehead atoms. The highest BCUT2D eigenvalue weighted by molar-refractivity contribution is 7.97. The van der Waals surface area contributed by atoms with Gasteiger partial charge in [0.15, 0.2) is 0 Å². The van der Waals surface area contributed by atoms with Gasteiger partial charge in [0.1, 0.15) is 0 Å². The minimum absolute atomic E-state index is 0.779. The summed E-state index contributed by atoms with van der Waals surface area (Å²) in [6.07, 6.45) is 8.20. The first-order valence-corrected chi connectivity index (χ1v) is 12.7. The molecule has 2 aromatic carbocycles. The summed E-state index contributed by atoms with van der Waals surface area (Å²) in [6, 6.07) is 17.6. The lowest BCUT2D eigenvalue weighted by molar-refractivity contribution is 0.0923. The van der Waals surface area contributed by atoms with E-state index in [1.54, 1.807) is 11.9 Å². The van der Waals surface area contributed by atoms with Gasteiger partial charge in [0, 0.05) is 22.5 Å². The van der Waals surface area contributed by atoms with Gasteiger partial charge in [-0.1, -0.05) is 42.3 Å². The van der Waals surface area contributed by atoms with E-state index >= 15 is 0 Å². The SMILES string of the molecule is Clc1ccc(-c2ccc(SNCCCN3CCC(N4CCCCC4)CC3)cc2)cc1. The number of hydrogen-bond acceptors (Lipinski definition) is 4. The Morgan fingerprint density at radius 3 is 2.13 bits per heavy atom. The van der Waals surface area contributed by atoms with Gasteiger partial charge in [0.25, 0.3) is 0 Å². The van der Waals surface area contributed by atoms with Gasteiger partial charge in [-0.25, -0.2) is 0 Å². The Morgan fingerprint density at radius 1 is 0.833 bits per heavy atom. The summed E-state index contributed by atoms with van der Waals surface area (Å²) in [5.41, 5.74) is 2.43. The topological polar surface area (TPSA) is 18.5 Å². The molecule has 3 nitrogen and oxygen atoms in total. The zero-order valence-corrected chi connectivity index (χ0v) is 19.4. The molecule has 0 radical (unpaired) electrons. The van der Waals surface area contributed by atoms with E-state index in [0.717, 1.165) is 17.6 Å². The van der Waals surface area contributed by atoms with E-state index in [9.17, 15) is 0 Å². The van der Waals surface area contributed by atoms with Gasteiger partial charge >= 0.3 is 0 Å². The van der Waals surface area contributed by atoms with Crippen molar-refractivity contribution < 1.29 is 0 Å². The average Bonchev–Trinajstić information content (AvgIpc) is 2.81. The molecule has 0 spiro atoms. The number of piperidine rings is 2. The van der Waals surface area contributed by atoms with E-state index in [4.69, 9.17) is 11.6 Å². The molecular weight excluding hydrogens is 410 g/mol. The van der Waals surface area contributed by atoms with Crippen molar-refractivity contribution >= 4 is 23.5 Å². The Balaban J connectivity index is 1.10. The van der Waals surface area contributed by atoms with Gasteiger partial charge in [-0.05, 0) is 112 Å². The van der Waals surface area contributed by atoms with Crippen molar-refractivity contribution in [3.8, 4) is 11.1 Å². The van der Waals surface area contributed by atoms with Crippen LogP contribution in [0.5, 0.6) is 0 Å². The minimum atomic E-state index is 0.779. The van der Waals surface area contributed by atoms with Crippen molar-refractivity contribution in [1.29, 1.82) is 0 Å². The van der Waals surface area contributed by atoms with Gasteiger partial charge in [0.05, 0.1) is 0 Å². The quantitative estimate of drug-likeness (QED) is 0.401. The van der Waals surface area contributed by atoms with E-state index in [2.05, 4.69) is 50.9 Å². The van der Waals surface area contributed by atoms with Crippen LogP contribution >= 0.6 is 23.5 Å². The maximum Gasteiger partial charge on any atom is 0.0406 e. The van der Waals surface area contributed by atoms with Gasteiger partial charge in [-0.3, -0.25) is 4.72 Å². The lowest BCUT2D eigenvalue weighted by Gasteiger charge is -2.40. The van der Waals surface area contributed by atoms with Crippen LogP contribution in [0.15, 0.2) is 53.4 Å². The number of rotatable bonds is 8. The zero-order chi connectivity index (χ0) is 20.6. The highest BCUT2D eigenvalue weighted by Gasteiger charge is 2.25. The summed E-state index contributed by atoms with van der Waals surface area (Å²) >= 11 is 7.72. The fraction of sp³-hybridized carbons (Fsp3) is 0.520. The van der Waals surface area contributed by atoms with Crippen LogP contribution in [-0.4, -0.2) is 55.1 Å². The molecule has 0 unspecified atom stereocenters. The summed E-state index contributed by atoms with van der Waals surface area (Å²) in [4.78, 5) is 6.68. The van der Waals surface area contributed by atoms with Crippen LogP contribution in [0, 0.1) is 0 Å². The third-order valence-electron chi connectivity index (χ3n) is 6.44. The van der Waals surface area contributed by atoms with Crippen molar-refractivity contribution in [3.05, 3.63) is 53.6 Å². The predicted octanol–water partition coefficient (Wildman–Crippen LogP) is 5.94. The van der Waals surface area contributed by atoms with E-state index in [0.29, 0.717) is 0 Å². The molecule has 2 aliphatic heterocycles.